The number of ether oxygens (including phenoxy) is 2. The first kappa shape index (κ1) is 23.8. The number of rotatable bonds is 4. The lowest BCUT2D eigenvalue weighted by atomic mass is 9.76. The summed E-state index contributed by atoms with van der Waals surface area (Å²) in [6, 6.07) is 16.6. The van der Waals surface area contributed by atoms with Crippen molar-refractivity contribution in [3.05, 3.63) is 71.3 Å². The topological polar surface area (TPSA) is 57.2 Å². The highest BCUT2D eigenvalue weighted by Gasteiger charge is 2.51. The molecule has 188 valence electrons. The van der Waals surface area contributed by atoms with E-state index < -0.39 is 0 Å². The largest absolute Gasteiger partial charge is 0.462 e. The molecular weight excluding hydrogens is 453 g/mol. The Kier molecular flexibility index (Phi) is 5.78. The Hall–Kier alpha value is -2.61. The standard InChI is InChI=1S/C29H34BNO5/c1-28(2)29(3,4)36-30(35-28)15-19-13-20-16-33-17-21(14-19)31(20)27(32)34-18-26-24-11-7-5-9-22(24)23-10-6-8-12-25(23)26/h5-13,20-21,26H,14-18H2,1-4H3. The van der Waals surface area contributed by atoms with Gasteiger partial charge in [-0.1, -0.05) is 60.2 Å². The number of hydrogen-bond acceptors (Lipinski definition) is 5. The van der Waals surface area contributed by atoms with E-state index in [2.05, 4.69) is 82.3 Å². The van der Waals surface area contributed by atoms with Gasteiger partial charge in [-0.15, -0.1) is 0 Å². The Balaban J connectivity index is 1.15. The van der Waals surface area contributed by atoms with Gasteiger partial charge in [0.05, 0.1) is 36.5 Å². The second kappa shape index (κ2) is 8.75. The van der Waals surface area contributed by atoms with Crippen LogP contribution in [-0.4, -0.2) is 61.2 Å². The SMILES string of the molecule is CC1(C)OB(CC2=CC3COCC(C2)N3C(=O)OCC2c3ccccc3-c3ccccc32)OC1(C)C. The number of morpholine rings is 1. The van der Waals surface area contributed by atoms with E-state index in [0.717, 1.165) is 6.42 Å². The first-order valence-corrected chi connectivity index (χ1v) is 13.0. The van der Waals surface area contributed by atoms with Crippen molar-refractivity contribution in [2.45, 2.75) is 69.6 Å². The zero-order chi connectivity index (χ0) is 25.1. The van der Waals surface area contributed by atoms with Crippen LogP contribution in [0.15, 0.2) is 60.2 Å². The van der Waals surface area contributed by atoms with Gasteiger partial charge in [0.2, 0.25) is 0 Å². The molecule has 3 aliphatic heterocycles. The van der Waals surface area contributed by atoms with Gasteiger partial charge in [-0.3, -0.25) is 4.90 Å². The Labute approximate surface area is 213 Å². The summed E-state index contributed by atoms with van der Waals surface area (Å²) in [5, 5.41) is 0. The van der Waals surface area contributed by atoms with E-state index in [-0.39, 0.29) is 42.4 Å². The monoisotopic (exact) mass is 487 g/mol. The van der Waals surface area contributed by atoms with Crippen molar-refractivity contribution < 1.29 is 23.6 Å². The lowest BCUT2D eigenvalue weighted by Gasteiger charge is -2.44. The van der Waals surface area contributed by atoms with Gasteiger partial charge >= 0.3 is 13.2 Å². The molecule has 2 aromatic carbocycles. The highest BCUT2D eigenvalue weighted by atomic mass is 16.7. The van der Waals surface area contributed by atoms with Crippen molar-refractivity contribution in [1.29, 1.82) is 0 Å². The first-order valence-electron chi connectivity index (χ1n) is 13.0. The van der Waals surface area contributed by atoms with E-state index in [1.165, 1.54) is 27.8 Å². The molecule has 6 rings (SSSR count). The predicted molar refractivity (Wildman–Crippen MR) is 139 cm³/mol. The van der Waals surface area contributed by atoms with Gasteiger partial charge in [-0.2, -0.15) is 0 Å². The van der Waals surface area contributed by atoms with E-state index in [9.17, 15) is 4.79 Å². The molecular formula is C29H34BNO5. The Morgan fingerprint density at radius 1 is 0.972 bits per heavy atom. The summed E-state index contributed by atoms with van der Waals surface area (Å²) in [4.78, 5) is 15.3. The number of benzene rings is 2. The summed E-state index contributed by atoms with van der Waals surface area (Å²) >= 11 is 0. The smallest absolute Gasteiger partial charge is 0.448 e. The quantitative estimate of drug-likeness (QED) is 0.426. The third kappa shape index (κ3) is 3.98. The fourth-order valence-corrected chi connectivity index (χ4v) is 6.05. The van der Waals surface area contributed by atoms with E-state index in [1.807, 2.05) is 4.90 Å². The molecule has 2 fully saturated rings. The second-order valence-corrected chi connectivity index (χ2v) is 11.4. The molecule has 1 amide bonds. The van der Waals surface area contributed by atoms with Crippen LogP contribution in [0.3, 0.4) is 0 Å². The maximum atomic E-state index is 13.4. The predicted octanol–water partition coefficient (Wildman–Crippen LogP) is 5.43. The molecule has 0 saturated carbocycles. The van der Waals surface area contributed by atoms with Gasteiger partial charge in [0, 0.05) is 12.2 Å². The molecule has 2 aromatic rings. The Morgan fingerprint density at radius 2 is 1.58 bits per heavy atom. The summed E-state index contributed by atoms with van der Waals surface area (Å²) in [6.07, 6.45) is 3.34. The summed E-state index contributed by atoms with van der Waals surface area (Å²) in [7, 11) is -0.274. The number of fused-ring (bicyclic) bond motifs is 5. The number of amides is 1. The van der Waals surface area contributed by atoms with Crippen molar-refractivity contribution >= 4 is 13.2 Å². The average Bonchev–Trinajstić information content (AvgIpc) is 3.25. The number of hydrogen-bond donors (Lipinski definition) is 0. The highest BCUT2D eigenvalue weighted by Crippen LogP contribution is 2.45. The molecule has 3 heterocycles. The van der Waals surface area contributed by atoms with E-state index in [0.29, 0.717) is 26.1 Å². The van der Waals surface area contributed by atoms with Crippen LogP contribution in [0.4, 0.5) is 4.79 Å². The molecule has 7 heteroatoms. The minimum atomic E-state index is -0.348. The Bertz CT molecular complexity index is 1150. The number of nitrogens with zero attached hydrogens (tertiary/aromatic N) is 1. The minimum absolute atomic E-state index is 0.0400. The van der Waals surface area contributed by atoms with Gasteiger partial charge in [0.15, 0.2) is 0 Å². The van der Waals surface area contributed by atoms with Crippen molar-refractivity contribution in [1.82, 2.24) is 4.90 Å². The third-order valence-electron chi connectivity index (χ3n) is 8.55. The molecule has 4 aliphatic rings. The number of carbonyl (C=O) groups is 1. The van der Waals surface area contributed by atoms with Crippen LogP contribution in [0.1, 0.15) is 51.2 Å². The van der Waals surface area contributed by atoms with Crippen molar-refractivity contribution in [3.63, 3.8) is 0 Å². The van der Waals surface area contributed by atoms with E-state index in [4.69, 9.17) is 18.8 Å². The lowest BCUT2D eigenvalue weighted by Crippen LogP contribution is -2.56. The molecule has 0 N–H and O–H groups in total. The fraction of sp³-hybridized carbons (Fsp3) is 0.483. The van der Waals surface area contributed by atoms with Gasteiger partial charge in [0.1, 0.15) is 6.61 Å². The summed E-state index contributed by atoms with van der Waals surface area (Å²) in [6.45, 7) is 9.62. The molecule has 2 unspecified atom stereocenters. The molecule has 2 bridgehead atoms. The van der Waals surface area contributed by atoms with Crippen molar-refractivity contribution in [2.24, 2.45) is 0 Å². The zero-order valence-corrected chi connectivity index (χ0v) is 21.5. The molecule has 6 nitrogen and oxygen atoms in total. The number of carbonyl (C=O) groups excluding carboxylic acids is 1. The second-order valence-electron chi connectivity index (χ2n) is 11.4. The average molecular weight is 487 g/mol. The van der Waals surface area contributed by atoms with Crippen LogP contribution < -0.4 is 0 Å². The molecule has 36 heavy (non-hydrogen) atoms. The van der Waals surface area contributed by atoms with Crippen molar-refractivity contribution in [2.75, 3.05) is 19.8 Å². The zero-order valence-electron chi connectivity index (χ0n) is 21.5. The molecule has 0 aromatic heterocycles. The van der Waals surface area contributed by atoms with E-state index >= 15 is 0 Å². The third-order valence-corrected chi connectivity index (χ3v) is 8.55. The molecule has 2 atom stereocenters. The molecule has 0 radical (unpaired) electrons. The Morgan fingerprint density at radius 3 is 2.19 bits per heavy atom. The van der Waals surface area contributed by atoms with Crippen LogP contribution in [-0.2, 0) is 18.8 Å². The van der Waals surface area contributed by atoms with Crippen LogP contribution in [0.2, 0.25) is 6.32 Å². The fourth-order valence-electron chi connectivity index (χ4n) is 6.05. The van der Waals surface area contributed by atoms with Gasteiger partial charge < -0.3 is 18.8 Å². The molecule has 0 spiro atoms. The molecule has 2 saturated heterocycles. The van der Waals surface area contributed by atoms with Gasteiger partial charge in [-0.05, 0) is 56.4 Å². The maximum absolute atomic E-state index is 13.4. The minimum Gasteiger partial charge on any atom is -0.448 e. The van der Waals surface area contributed by atoms with Crippen LogP contribution >= 0.6 is 0 Å². The van der Waals surface area contributed by atoms with E-state index in [1.54, 1.807) is 0 Å². The normalized spacial score (nSPS) is 25.8. The first-order chi connectivity index (χ1) is 17.2. The summed E-state index contributed by atoms with van der Waals surface area (Å²) in [5.74, 6) is 0.0525. The van der Waals surface area contributed by atoms with Gasteiger partial charge in [0.25, 0.3) is 0 Å². The van der Waals surface area contributed by atoms with Crippen LogP contribution in [0, 0.1) is 0 Å². The van der Waals surface area contributed by atoms with Crippen LogP contribution in [0.5, 0.6) is 0 Å². The highest BCUT2D eigenvalue weighted by molar-refractivity contribution is 6.46. The summed E-state index contributed by atoms with van der Waals surface area (Å²) in [5.41, 5.74) is 5.46. The maximum Gasteiger partial charge on any atom is 0.462 e. The van der Waals surface area contributed by atoms with Crippen molar-refractivity contribution in [3.8, 4) is 11.1 Å². The van der Waals surface area contributed by atoms with Crippen LogP contribution in [0.25, 0.3) is 11.1 Å². The summed E-state index contributed by atoms with van der Waals surface area (Å²) < 4.78 is 24.2. The molecule has 1 aliphatic carbocycles. The lowest BCUT2D eigenvalue weighted by molar-refractivity contribution is -0.0361. The van der Waals surface area contributed by atoms with Gasteiger partial charge in [-0.25, -0.2) is 4.79 Å².